The van der Waals surface area contributed by atoms with E-state index in [4.69, 9.17) is 16.6 Å². The molecule has 0 radical (unpaired) electrons. The topological polar surface area (TPSA) is 44.7 Å². The van der Waals surface area contributed by atoms with E-state index >= 15 is 0 Å². The van der Waals surface area contributed by atoms with Crippen LogP contribution in [0.1, 0.15) is 5.76 Å². The van der Waals surface area contributed by atoms with Gasteiger partial charge in [-0.3, -0.25) is 0 Å². The van der Waals surface area contributed by atoms with Gasteiger partial charge >= 0.3 is 0 Å². The van der Waals surface area contributed by atoms with Crippen LogP contribution in [0.4, 0.5) is 0 Å². The van der Waals surface area contributed by atoms with Crippen LogP contribution in [-0.2, 0) is 0 Å². The average molecular weight is 180 g/mol. The quantitative estimate of drug-likeness (QED) is 0.662. The molecule has 0 saturated heterocycles. The van der Waals surface area contributed by atoms with Crippen molar-refractivity contribution in [2.24, 2.45) is 0 Å². The largest absolute Gasteiger partial charge is 0.460 e. The molecule has 2 aromatic heterocycles. The summed E-state index contributed by atoms with van der Waals surface area (Å²) in [5, 5.41) is 0. The lowest BCUT2D eigenvalue weighted by Gasteiger charge is -1.87. The summed E-state index contributed by atoms with van der Waals surface area (Å²) < 4.78 is 6.00. The van der Waals surface area contributed by atoms with Crippen LogP contribution < -0.4 is 0 Å². The maximum atomic E-state index is 5.39. The van der Waals surface area contributed by atoms with Crippen LogP contribution in [0.5, 0.6) is 0 Å². The Morgan fingerprint density at radius 3 is 2.75 bits per heavy atom. The summed E-state index contributed by atoms with van der Waals surface area (Å²) >= 11 is 4.89. The van der Waals surface area contributed by atoms with Gasteiger partial charge in [-0.15, -0.1) is 0 Å². The number of aromatic amines is 2. The van der Waals surface area contributed by atoms with E-state index in [1.807, 2.05) is 19.1 Å². The Morgan fingerprint density at radius 2 is 2.25 bits per heavy atom. The highest BCUT2D eigenvalue weighted by Crippen LogP contribution is 2.18. The molecule has 0 fully saturated rings. The molecule has 0 saturated carbocycles. The van der Waals surface area contributed by atoms with Crippen molar-refractivity contribution in [1.82, 2.24) is 9.97 Å². The summed E-state index contributed by atoms with van der Waals surface area (Å²) in [6, 6.07) is 3.82. The Hall–Kier alpha value is -1.29. The van der Waals surface area contributed by atoms with Crippen molar-refractivity contribution in [3.05, 3.63) is 28.9 Å². The Balaban J connectivity index is 2.50. The van der Waals surface area contributed by atoms with Crippen molar-refractivity contribution in [3.8, 4) is 11.5 Å². The Kier molecular flexibility index (Phi) is 1.62. The van der Waals surface area contributed by atoms with Gasteiger partial charge in [-0.05, 0) is 31.3 Å². The third-order valence-electron chi connectivity index (χ3n) is 1.60. The second-order valence-electron chi connectivity index (χ2n) is 2.57. The van der Waals surface area contributed by atoms with Gasteiger partial charge in [0.1, 0.15) is 5.76 Å². The van der Waals surface area contributed by atoms with Crippen molar-refractivity contribution in [1.29, 1.82) is 0 Å². The van der Waals surface area contributed by atoms with E-state index in [1.54, 1.807) is 6.20 Å². The van der Waals surface area contributed by atoms with Gasteiger partial charge in [0.2, 0.25) is 0 Å². The predicted octanol–water partition coefficient (Wildman–Crippen LogP) is 2.64. The Labute approximate surface area is 74.4 Å². The number of H-pyrrole nitrogens is 2. The van der Waals surface area contributed by atoms with Gasteiger partial charge in [0.15, 0.2) is 10.5 Å². The fraction of sp³-hybridized carbons (Fsp3) is 0.125. The molecule has 0 atom stereocenters. The van der Waals surface area contributed by atoms with Crippen LogP contribution in [-0.4, -0.2) is 9.97 Å². The molecule has 0 amide bonds. The van der Waals surface area contributed by atoms with E-state index in [-0.39, 0.29) is 0 Å². The second-order valence-corrected chi connectivity index (χ2v) is 2.98. The molecule has 2 heterocycles. The van der Waals surface area contributed by atoms with Crippen LogP contribution in [0.15, 0.2) is 22.7 Å². The highest BCUT2D eigenvalue weighted by Gasteiger charge is 2.02. The lowest BCUT2D eigenvalue weighted by atomic mass is 10.3. The van der Waals surface area contributed by atoms with Gasteiger partial charge in [-0.25, -0.2) is 0 Å². The van der Waals surface area contributed by atoms with Gasteiger partial charge in [-0.1, -0.05) is 0 Å². The first-order valence-electron chi connectivity index (χ1n) is 3.60. The van der Waals surface area contributed by atoms with E-state index in [1.165, 1.54) is 0 Å². The number of imidazole rings is 1. The molecule has 0 aromatic carbocycles. The molecule has 0 aliphatic rings. The molecule has 12 heavy (non-hydrogen) atoms. The standard InChI is InChI=1S/C8H8N2OS/c1-5-2-3-7(11-5)6-4-9-8(12)10-6/h2-4H,1H3,(H2,9,10,12). The molecule has 4 heteroatoms. The van der Waals surface area contributed by atoms with Gasteiger partial charge < -0.3 is 14.4 Å². The summed E-state index contributed by atoms with van der Waals surface area (Å²) in [6.45, 7) is 1.91. The second kappa shape index (κ2) is 2.64. The van der Waals surface area contributed by atoms with Crippen molar-refractivity contribution in [3.63, 3.8) is 0 Å². The Morgan fingerprint density at radius 1 is 1.42 bits per heavy atom. The normalized spacial score (nSPS) is 10.4. The maximum absolute atomic E-state index is 5.39. The zero-order chi connectivity index (χ0) is 8.55. The Bertz CT molecular complexity index is 438. The number of furan rings is 1. The average Bonchev–Trinajstić information content (AvgIpc) is 2.58. The van der Waals surface area contributed by atoms with Crippen LogP contribution >= 0.6 is 12.2 Å². The van der Waals surface area contributed by atoms with Crippen molar-refractivity contribution in [2.75, 3.05) is 0 Å². The highest BCUT2D eigenvalue weighted by atomic mass is 32.1. The molecule has 2 N–H and O–H groups in total. The monoisotopic (exact) mass is 180 g/mol. The fourth-order valence-electron chi connectivity index (χ4n) is 1.04. The lowest BCUT2D eigenvalue weighted by molar-refractivity contribution is 0.546. The molecular weight excluding hydrogens is 172 g/mol. The van der Waals surface area contributed by atoms with E-state index in [2.05, 4.69) is 9.97 Å². The lowest BCUT2D eigenvalue weighted by Crippen LogP contribution is -1.70. The molecule has 0 unspecified atom stereocenters. The van der Waals surface area contributed by atoms with Gasteiger partial charge in [-0.2, -0.15) is 0 Å². The smallest absolute Gasteiger partial charge is 0.175 e. The number of nitrogens with one attached hydrogen (secondary N) is 2. The van der Waals surface area contributed by atoms with Gasteiger partial charge in [0.25, 0.3) is 0 Å². The molecular formula is C8H8N2OS. The summed E-state index contributed by atoms with van der Waals surface area (Å²) in [4.78, 5) is 5.85. The van der Waals surface area contributed by atoms with Gasteiger partial charge in [0, 0.05) is 6.20 Å². The third-order valence-corrected chi connectivity index (χ3v) is 1.82. The molecule has 3 nitrogen and oxygen atoms in total. The summed E-state index contributed by atoms with van der Waals surface area (Å²) in [6.07, 6.45) is 1.79. The van der Waals surface area contributed by atoms with Crippen LogP contribution in [0.25, 0.3) is 11.5 Å². The minimum absolute atomic E-state index is 0.610. The SMILES string of the molecule is Cc1ccc(-c2c[nH]c(=S)[nH]2)o1. The first kappa shape index (κ1) is 7.36. The molecule has 62 valence electrons. The molecule has 0 bridgehead atoms. The molecule has 2 aromatic rings. The number of hydrogen-bond donors (Lipinski definition) is 2. The summed E-state index contributed by atoms with van der Waals surface area (Å²) in [7, 11) is 0. The number of hydrogen-bond acceptors (Lipinski definition) is 2. The van der Waals surface area contributed by atoms with E-state index in [0.717, 1.165) is 17.2 Å². The summed E-state index contributed by atoms with van der Waals surface area (Å²) in [5.41, 5.74) is 0.883. The number of rotatable bonds is 1. The van der Waals surface area contributed by atoms with Crippen molar-refractivity contribution >= 4 is 12.2 Å². The van der Waals surface area contributed by atoms with E-state index in [9.17, 15) is 0 Å². The third kappa shape index (κ3) is 1.21. The van der Waals surface area contributed by atoms with E-state index in [0.29, 0.717) is 4.77 Å². The highest BCUT2D eigenvalue weighted by molar-refractivity contribution is 7.71. The van der Waals surface area contributed by atoms with Crippen LogP contribution in [0.2, 0.25) is 0 Å². The zero-order valence-electron chi connectivity index (χ0n) is 6.55. The molecule has 0 aliphatic heterocycles. The minimum atomic E-state index is 0.610. The molecule has 2 rings (SSSR count). The van der Waals surface area contributed by atoms with Crippen LogP contribution in [0.3, 0.4) is 0 Å². The van der Waals surface area contributed by atoms with Crippen molar-refractivity contribution in [2.45, 2.75) is 6.92 Å². The van der Waals surface area contributed by atoms with E-state index < -0.39 is 0 Å². The number of aromatic nitrogens is 2. The first-order valence-corrected chi connectivity index (χ1v) is 4.01. The molecule has 0 aliphatic carbocycles. The minimum Gasteiger partial charge on any atom is -0.460 e. The van der Waals surface area contributed by atoms with Crippen molar-refractivity contribution < 1.29 is 4.42 Å². The molecule has 0 spiro atoms. The maximum Gasteiger partial charge on any atom is 0.175 e. The number of aryl methyl sites for hydroxylation is 1. The fourth-order valence-corrected chi connectivity index (χ4v) is 1.21. The zero-order valence-corrected chi connectivity index (χ0v) is 7.37. The first-order chi connectivity index (χ1) is 5.75. The summed E-state index contributed by atoms with van der Waals surface area (Å²) in [5.74, 6) is 1.70. The van der Waals surface area contributed by atoms with Crippen LogP contribution in [0, 0.1) is 11.7 Å². The predicted molar refractivity (Wildman–Crippen MR) is 48.4 cm³/mol. The van der Waals surface area contributed by atoms with Gasteiger partial charge in [0.05, 0.1) is 5.69 Å².